The third-order valence-electron chi connectivity index (χ3n) is 2.25. The first kappa shape index (κ1) is 10.5. The van der Waals surface area contributed by atoms with Crippen molar-refractivity contribution in [2.45, 2.75) is 6.92 Å². The molecule has 2 aromatic rings. The zero-order valence-corrected chi connectivity index (χ0v) is 8.95. The van der Waals surface area contributed by atoms with Gasteiger partial charge >= 0.3 is 0 Å². The zero-order valence-electron chi connectivity index (χ0n) is 8.95. The van der Waals surface area contributed by atoms with Crippen LogP contribution in [0.5, 0.6) is 5.75 Å². The summed E-state index contributed by atoms with van der Waals surface area (Å²) in [5, 5.41) is 3.73. The maximum Gasteiger partial charge on any atom is 0.222 e. The molecule has 0 amide bonds. The average molecular weight is 222 g/mol. The number of hydrogen-bond acceptors (Lipinski definition) is 4. The molecule has 1 aromatic heterocycles. The highest BCUT2D eigenvalue weighted by Gasteiger charge is 2.14. The Bertz CT molecular complexity index is 523. The Balaban J connectivity index is 2.63. The van der Waals surface area contributed by atoms with Crippen molar-refractivity contribution in [1.29, 1.82) is 0 Å². The highest BCUT2D eigenvalue weighted by molar-refractivity contribution is 5.70. The van der Waals surface area contributed by atoms with Crippen molar-refractivity contribution in [1.82, 2.24) is 5.16 Å². The van der Waals surface area contributed by atoms with E-state index in [0.29, 0.717) is 22.6 Å². The van der Waals surface area contributed by atoms with Gasteiger partial charge in [-0.05, 0) is 24.6 Å². The van der Waals surface area contributed by atoms with E-state index in [2.05, 4.69) is 5.16 Å². The van der Waals surface area contributed by atoms with Crippen LogP contribution in [0.1, 0.15) is 5.56 Å². The van der Waals surface area contributed by atoms with Gasteiger partial charge in [-0.2, -0.15) is 0 Å². The highest BCUT2D eigenvalue weighted by Crippen LogP contribution is 2.33. The zero-order chi connectivity index (χ0) is 11.7. The van der Waals surface area contributed by atoms with Crippen molar-refractivity contribution < 1.29 is 13.7 Å². The first-order valence-corrected chi connectivity index (χ1v) is 4.68. The van der Waals surface area contributed by atoms with Gasteiger partial charge in [-0.1, -0.05) is 5.16 Å². The van der Waals surface area contributed by atoms with Crippen LogP contribution in [0.3, 0.4) is 0 Å². The van der Waals surface area contributed by atoms with Crippen LogP contribution in [0.25, 0.3) is 11.3 Å². The number of hydrogen-bond donors (Lipinski definition) is 1. The molecule has 5 heteroatoms. The molecule has 0 fully saturated rings. The summed E-state index contributed by atoms with van der Waals surface area (Å²) in [6.45, 7) is 1.76. The summed E-state index contributed by atoms with van der Waals surface area (Å²) in [6, 6.07) is 4.26. The summed E-state index contributed by atoms with van der Waals surface area (Å²) in [5.41, 5.74) is 7.10. The second-order valence-electron chi connectivity index (χ2n) is 3.42. The largest absolute Gasteiger partial charge is 0.496 e. The fraction of sp³-hybridized carbons (Fsp3) is 0.182. The van der Waals surface area contributed by atoms with Crippen LogP contribution < -0.4 is 10.5 Å². The molecule has 84 valence electrons. The van der Waals surface area contributed by atoms with Crippen LogP contribution in [-0.4, -0.2) is 12.3 Å². The van der Waals surface area contributed by atoms with E-state index in [9.17, 15) is 4.39 Å². The number of methoxy groups -OCH3 is 1. The minimum atomic E-state index is -0.352. The highest BCUT2D eigenvalue weighted by atomic mass is 19.1. The Morgan fingerprint density at radius 3 is 2.69 bits per heavy atom. The fourth-order valence-corrected chi connectivity index (χ4v) is 1.61. The van der Waals surface area contributed by atoms with Crippen molar-refractivity contribution in [2.24, 2.45) is 0 Å². The van der Waals surface area contributed by atoms with Crippen LogP contribution in [0.4, 0.5) is 10.3 Å². The Kier molecular flexibility index (Phi) is 2.52. The molecule has 16 heavy (non-hydrogen) atoms. The predicted octanol–water partition coefficient (Wildman–Crippen LogP) is 2.38. The molecular weight excluding hydrogens is 211 g/mol. The number of nitrogen functional groups attached to an aromatic ring is 1. The summed E-state index contributed by atoms with van der Waals surface area (Å²) >= 11 is 0. The lowest BCUT2D eigenvalue weighted by molar-refractivity contribution is 0.410. The average Bonchev–Trinajstić information content (AvgIpc) is 2.63. The van der Waals surface area contributed by atoms with Crippen LogP contribution in [0, 0.1) is 12.7 Å². The standard InChI is InChI=1S/C11H11FN2O2/c1-6-3-7(12)4-8(11(6)15-2)9-5-10(13)16-14-9/h3-5H,13H2,1-2H3. The molecule has 0 spiro atoms. The van der Waals surface area contributed by atoms with Crippen molar-refractivity contribution >= 4 is 5.88 Å². The van der Waals surface area contributed by atoms with Crippen molar-refractivity contribution in [3.8, 4) is 17.0 Å². The van der Waals surface area contributed by atoms with Gasteiger partial charge in [0.25, 0.3) is 0 Å². The number of rotatable bonds is 2. The summed E-state index contributed by atoms with van der Waals surface area (Å²) in [7, 11) is 1.52. The molecule has 0 bridgehead atoms. The molecule has 0 aliphatic heterocycles. The van der Waals surface area contributed by atoms with Crippen LogP contribution >= 0.6 is 0 Å². The molecule has 0 aliphatic carbocycles. The van der Waals surface area contributed by atoms with Crippen LogP contribution in [-0.2, 0) is 0 Å². The second kappa shape index (κ2) is 3.84. The van der Waals surface area contributed by atoms with E-state index in [1.807, 2.05) is 0 Å². The van der Waals surface area contributed by atoms with Crippen molar-refractivity contribution in [2.75, 3.05) is 12.8 Å². The van der Waals surface area contributed by atoms with Crippen LogP contribution in [0.15, 0.2) is 22.7 Å². The normalized spacial score (nSPS) is 10.4. The van der Waals surface area contributed by atoms with Crippen molar-refractivity contribution in [3.05, 3.63) is 29.6 Å². The van der Waals surface area contributed by atoms with E-state index >= 15 is 0 Å². The Morgan fingerprint density at radius 2 is 2.12 bits per heavy atom. The Labute approximate surface area is 91.8 Å². The maximum atomic E-state index is 13.3. The molecule has 0 unspecified atom stereocenters. The number of benzene rings is 1. The molecule has 2 rings (SSSR count). The molecule has 1 heterocycles. The first-order chi connectivity index (χ1) is 7.61. The quantitative estimate of drug-likeness (QED) is 0.847. The van der Waals surface area contributed by atoms with Gasteiger partial charge in [0.2, 0.25) is 5.88 Å². The van der Waals surface area contributed by atoms with Gasteiger partial charge in [0.15, 0.2) is 0 Å². The van der Waals surface area contributed by atoms with Gasteiger partial charge in [0.1, 0.15) is 17.3 Å². The van der Waals surface area contributed by atoms with E-state index in [1.165, 1.54) is 25.3 Å². The van der Waals surface area contributed by atoms with Gasteiger partial charge in [-0.15, -0.1) is 0 Å². The molecule has 1 aromatic carbocycles. The van der Waals surface area contributed by atoms with Gasteiger partial charge < -0.3 is 15.0 Å². The molecule has 0 atom stereocenters. The smallest absolute Gasteiger partial charge is 0.222 e. The summed E-state index contributed by atoms with van der Waals surface area (Å²) < 4.78 is 23.2. The topological polar surface area (TPSA) is 61.3 Å². The molecule has 0 saturated heterocycles. The number of halogens is 1. The number of nitrogens with zero attached hydrogens (tertiary/aromatic N) is 1. The minimum absolute atomic E-state index is 0.180. The first-order valence-electron chi connectivity index (χ1n) is 4.68. The third-order valence-corrected chi connectivity index (χ3v) is 2.25. The second-order valence-corrected chi connectivity index (χ2v) is 3.42. The summed E-state index contributed by atoms with van der Waals surface area (Å²) in [6.07, 6.45) is 0. The van der Waals surface area contributed by atoms with Gasteiger partial charge in [0, 0.05) is 11.6 Å². The van der Waals surface area contributed by atoms with Gasteiger partial charge in [-0.3, -0.25) is 0 Å². The lowest BCUT2D eigenvalue weighted by Gasteiger charge is -2.09. The SMILES string of the molecule is COc1c(C)cc(F)cc1-c1cc(N)on1. The molecule has 0 radical (unpaired) electrons. The van der Waals surface area contributed by atoms with Crippen molar-refractivity contribution in [3.63, 3.8) is 0 Å². The van der Waals surface area contributed by atoms with E-state index < -0.39 is 0 Å². The Morgan fingerprint density at radius 1 is 1.38 bits per heavy atom. The van der Waals surface area contributed by atoms with E-state index in [1.54, 1.807) is 6.92 Å². The van der Waals surface area contributed by atoms with E-state index in [-0.39, 0.29) is 11.7 Å². The number of nitrogens with two attached hydrogens (primary N) is 1. The maximum absolute atomic E-state index is 13.3. The lowest BCUT2D eigenvalue weighted by atomic mass is 10.1. The third kappa shape index (κ3) is 1.71. The molecule has 4 nitrogen and oxygen atoms in total. The lowest BCUT2D eigenvalue weighted by Crippen LogP contribution is -1.93. The van der Waals surface area contributed by atoms with E-state index in [4.69, 9.17) is 15.0 Å². The Hall–Kier alpha value is -2.04. The van der Waals surface area contributed by atoms with E-state index in [0.717, 1.165) is 0 Å². The number of anilines is 1. The number of aryl methyl sites for hydroxylation is 1. The number of ether oxygens (including phenoxy) is 1. The molecule has 0 saturated carbocycles. The molecule has 0 aliphatic rings. The van der Waals surface area contributed by atoms with Crippen LogP contribution in [0.2, 0.25) is 0 Å². The summed E-state index contributed by atoms with van der Waals surface area (Å²) in [5.74, 6) is 0.392. The molecular formula is C11H11FN2O2. The fourth-order valence-electron chi connectivity index (χ4n) is 1.61. The summed E-state index contributed by atoms with van der Waals surface area (Å²) in [4.78, 5) is 0. The predicted molar refractivity (Wildman–Crippen MR) is 57.6 cm³/mol. The number of aromatic nitrogens is 1. The van der Waals surface area contributed by atoms with Gasteiger partial charge in [-0.25, -0.2) is 4.39 Å². The monoisotopic (exact) mass is 222 g/mol. The molecule has 2 N–H and O–H groups in total. The van der Waals surface area contributed by atoms with Gasteiger partial charge in [0.05, 0.1) is 7.11 Å². The minimum Gasteiger partial charge on any atom is -0.496 e.